The minimum atomic E-state index is -0.685. The lowest BCUT2D eigenvalue weighted by atomic mass is 9.81. The van der Waals surface area contributed by atoms with Crippen molar-refractivity contribution in [3.8, 4) is 6.07 Å². The third kappa shape index (κ3) is 3.40. The average molecular weight is 338 g/mol. The smallest absolute Gasteiger partial charge is 0.216 e. The molecule has 4 nitrogen and oxygen atoms in total. The van der Waals surface area contributed by atoms with Crippen LogP contribution in [0.15, 0.2) is 42.5 Å². The van der Waals surface area contributed by atoms with E-state index in [0.717, 1.165) is 23.1 Å². The van der Waals surface area contributed by atoms with E-state index >= 15 is 0 Å². The van der Waals surface area contributed by atoms with Crippen LogP contribution in [-0.2, 0) is 21.7 Å². The van der Waals surface area contributed by atoms with Crippen molar-refractivity contribution in [2.24, 2.45) is 0 Å². The standard InChI is InChI=1S/C20H19FN2O2/c1-14(24)23-10-2-9-20(17-4-6-18(21)7-5-17)19-8-3-15(12-22)11-16(19)13-25-20/h3-8,11H,2,9-10,13H2,1H3,(H,23,24). The van der Waals surface area contributed by atoms with Gasteiger partial charge >= 0.3 is 0 Å². The highest BCUT2D eigenvalue weighted by atomic mass is 19.1. The predicted octanol–water partition coefficient (Wildman–Crippen LogP) is 3.39. The Labute approximate surface area is 146 Å². The fraction of sp³-hybridized carbons (Fsp3) is 0.300. The molecule has 0 fully saturated rings. The van der Waals surface area contributed by atoms with Crippen molar-refractivity contribution < 1.29 is 13.9 Å². The van der Waals surface area contributed by atoms with Crippen LogP contribution in [0.3, 0.4) is 0 Å². The maximum atomic E-state index is 13.4. The largest absolute Gasteiger partial charge is 0.361 e. The SMILES string of the molecule is CC(=O)NCCCC1(c2ccc(F)cc2)OCc2cc(C#N)ccc21. The molecule has 3 rings (SSSR count). The van der Waals surface area contributed by atoms with E-state index in [4.69, 9.17) is 10.00 Å². The van der Waals surface area contributed by atoms with E-state index in [9.17, 15) is 9.18 Å². The summed E-state index contributed by atoms with van der Waals surface area (Å²) in [6, 6.07) is 14.0. The first-order valence-corrected chi connectivity index (χ1v) is 8.23. The first-order chi connectivity index (χ1) is 12.0. The molecule has 0 bridgehead atoms. The first kappa shape index (κ1) is 17.1. The van der Waals surface area contributed by atoms with Gasteiger partial charge in [0.05, 0.1) is 18.2 Å². The zero-order valence-electron chi connectivity index (χ0n) is 14.0. The number of benzene rings is 2. The zero-order valence-corrected chi connectivity index (χ0v) is 14.0. The second-order valence-electron chi connectivity index (χ2n) is 6.19. The second kappa shape index (κ2) is 7.04. The molecule has 1 unspecified atom stereocenters. The van der Waals surface area contributed by atoms with Crippen molar-refractivity contribution in [2.45, 2.75) is 32.0 Å². The van der Waals surface area contributed by atoms with E-state index in [1.807, 2.05) is 12.1 Å². The van der Waals surface area contributed by atoms with E-state index in [0.29, 0.717) is 25.1 Å². The number of nitrogens with one attached hydrogen (secondary N) is 1. The Morgan fingerprint density at radius 3 is 2.76 bits per heavy atom. The monoisotopic (exact) mass is 338 g/mol. The summed E-state index contributed by atoms with van der Waals surface area (Å²) in [7, 11) is 0. The van der Waals surface area contributed by atoms with Crippen LogP contribution in [0.2, 0.25) is 0 Å². The topological polar surface area (TPSA) is 62.1 Å². The van der Waals surface area contributed by atoms with Crippen LogP contribution in [-0.4, -0.2) is 12.5 Å². The fourth-order valence-electron chi connectivity index (χ4n) is 3.37. The van der Waals surface area contributed by atoms with Crippen molar-refractivity contribution >= 4 is 5.91 Å². The lowest BCUT2D eigenvalue weighted by Gasteiger charge is -2.30. The number of fused-ring (bicyclic) bond motifs is 1. The van der Waals surface area contributed by atoms with Gasteiger partial charge in [0.25, 0.3) is 0 Å². The Morgan fingerprint density at radius 2 is 2.08 bits per heavy atom. The number of amides is 1. The molecule has 5 heteroatoms. The summed E-state index contributed by atoms with van der Waals surface area (Å²) in [5.74, 6) is -0.363. The van der Waals surface area contributed by atoms with Gasteiger partial charge in [0, 0.05) is 13.5 Å². The predicted molar refractivity (Wildman–Crippen MR) is 91.0 cm³/mol. The van der Waals surface area contributed by atoms with Crippen molar-refractivity contribution in [2.75, 3.05) is 6.54 Å². The van der Waals surface area contributed by atoms with E-state index in [2.05, 4.69) is 11.4 Å². The van der Waals surface area contributed by atoms with E-state index in [1.54, 1.807) is 18.2 Å². The number of halogens is 1. The molecule has 1 atom stereocenters. The number of ether oxygens (including phenoxy) is 1. The summed E-state index contributed by atoms with van der Waals surface area (Å²) in [5.41, 5.74) is 2.76. The third-order valence-corrected chi connectivity index (χ3v) is 4.53. The maximum absolute atomic E-state index is 13.4. The molecule has 0 aromatic heterocycles. The molecule has 25 heavy (non-hydrogen) atoms. The number of hydrogen-bond donors (Lipinski definition) is 1. The first-order valence-electron chi connectivity index (χ1n) is 8.23. The van der Waals surface area contributed by atoms with Crippen molar-refractivity contribution in [1.82, 2.24) is 5.32 Å². The molecule has 2 aromatic rings. The van der Waals surface area contributed by atoms with Crippen LogP contribution >= 0.6 is 0 Å². The molecule has 1 N–H and O–H groups in total. The van der Waals surface area contributed by atoms with E-state index < -0.39 is 5.60 Å². The highest BCUT2D eigenvalue weighted by molar-refractivity contribution is 5.72. The molecule has 0 radical (unpaired) electrons. The minimum absolute atomic E-state index is 0.0674. The molecule has 1 aliphatic heterocycles. The molecule has 2 aromatic carbocycles. The van der Waals surface area contributed by atoms with Gasteiger partial charge in [-0.1, -0.05) is 18.2 Å². The van der Waals surface area contributed by atoms with Gasteiger partial charge in [-0.15, -0.1) is 0 Å². The summed E-state index contributed by atoms with van der Waals surface area (Å²) in [4.78, 5) is 11.1. The molecule has 0 spiro atoms. The molecule has 0 aliphatic carbocycles. The van der Waals surface area contributed by atoms with Crippen LogP contribution in [0.1, 0.15) is 42.0 Å². The highest BCUT2D eigenvalue weighted by Gasteiger charge is 2.41. The Kier molecular flexibility index (Phi) is 4.82. The Hall–Kier alpha value is -2.71. The average Bonchev–Trinajstić information content (AvgIpc) is 2.98. The normalized spacial score (nSPS) is 18.4. The molecule has 0 saturated heterocycles. The Bertz CT molecular complexity index is 827. The number of nitrogens with zero attached hydrogens (tertiary/aromatic N) is 1. The highest BCUT2D eigenvalue weighted by Crippen LogP contribution is 2.45. The van der Waals surface area contributed by atoms with Gasteiger partial charge in [-0.25, -0.2) is 4.39 Å². The summed E-state index contributed by atoms with van der Waals surface area (Å²) >= 11 is 0. The fourth-order valence-corrected chi connectivity index (χ4v) is 3.37. The third-order valence-electron chi connectivity index (χ3n) is 4.53. The quantitative estimate of drug-likeness (QED) is 0.850. The van der Waals surface area contributed by atoms with Gasteiger partial charge < -0.3 is 10.1 Å². The van der Waals surface area contributed by atoms with Crippen molar-refractivity contribution in [1.29, 1.82) is 5.26 Å². The lowest BCUT2D eigenvalue weighted by Crippen LogP contribution is -2.29. The second-order valence-corrected chi connectivity index (χ2v) is 6.19. The summed E-state index contributed by atoms with van der Waals surface area (Å²) in [5, 5.41) is 11.9. The number of nitriles is 1. The van der Waals surface area contributed by atoms with Crippen LogP contribution in [0.4, 0.5) is 4.39 Å². The molecular formula is C20H19FN2O2. The summed E-state index contributed by atoms with van der Waals surface area (Å²) < 4.78 is 19.6. The van der Waals surface area contributed by atoms with Crippen LogP contribution < -0.4 is 5.32 Å². The van der Waals surface area contributed by atoms with Crippen LogP contribution in [0, 0.1) is 17.1 Å². The van der Waals surface area contributed by atoms with Gasteiger partial charge in [-0.05, 0) is 53.8 Å². The number of carbonyl (C=O) groups is 1. The number of rotatable bonds is 5. The van der Waals surface area contributed by atoms with Crippen molar-refractivity contribution in [3.05, 3.63) is 70.5 Å². The van der Waals surface area contributed by atoms with Gasteiger partial charge in [-0.2, -0.15) is 5.26 Å². The Balaban J connectivity index is 1.96. The van der Waals surface area contributed by atoms with Crippen LogP contribution in [0.5, 0.6) is 0 Å². The van der Waals surface area contributed by atoms with Crippen LogP contribution in [0.25, 0.3) is 0 Å². The molecule has 1 aliphatic rings. The summed E-state index contributed by atoms with van der Waals surface area (Å²) in [6.45, 7) is 2.44. The van der Waals surface area contributed by atoms with E-state index in [-0.39, 0.29) is 11.7 Å². The zero-order chi connectivity index (χ0) is 17.9. The summed E-state index contributed by atoms with van der Waals surface area (Å²) in [6.07, 6.45) is 1.37. The van der Waals surface area contributed by atoms with Gasteiger partial charge in [0.1, 0.15) is 11.4 Å². The molecular weight excluding hydrogens is 319 g/mol. The minimum Gasteiger partial charge on any atom is -0.361 e. The lowest BCUT2D eigenvalue weighted by molar-refractivity contribution is -0.119. The maximum Gasteiger partial charge on any atom is 0.216 e. The van der Waals surface area contributed by atoms with Gasteiger partial charge in [0.15, 0.2) is 0 Å². The Morgan fingerprint density at radius 1 is 1.32 bits per heavy atom. The van der Waals surface area contributed by atoms with E-state index in [1.165, 1.54) is 19.1 Å². The molecule has 1 amide bonds. The number of hydrogen-bond acceptors (Lipinski definition) is 3. The molecule has 0 saturated carbocycles. The van der Waals surface area contributed by atoms with Gasteiger partial charge in [0.2, 0.25) is 5.91 Å². The van der Waals surface area contributed by atoms with Gasteiger partial charge in [-0.3, -0.25) is 4.79 Å². The molecule has 128 valence electrons. The number of carbonyl (C=O) groups excluding carboxylic acids is 1. The molecule has 1 heterocycles. The van der Waals surface area contributed by atoms with Crippen molar-refractivity contribution in [3.63, 3.8) is 0 Å².